The van der Waals surface area contributed by atoms with Crippen molar-refractivity contribution in [1.82, 2.24) is 19.7 Å². The number of hydrogen-bond acceptors (Lipinski definition) is 4. The Kier molecular flexibility index (Phi) is 4.11. The van der Waals surface area contributed by atoms with E-state index < -0.39 is 0 Å². The van der Waals surface area contributed by atoms with Crippen LogP contribution >= 0.6 is 11.6 Å². The lowest BCUT2D eigenvalue weighted by Crippen LogP contribution is -2.16. The minimum atomic E-state index is -0.196. The minimum absolute atomic E-state index is 0.181. The van der Waals surface area contributed by atoms with E-state index in [1.807, 2.05) is 18.2 Å². The van der Waals surface area contributed by atoms with Crippen LogP contribution in [0, 0.1) is 0 Å². The first-order valence-electron chi connectivity index (χ1n) is 6.58. The van der Waals surface area contributed by atoms with Crippen molar-refractivity contribution >= 4 is 23.3 Å². The van der Waals surface area contributed by atoms with Crippen molar-refractivity contribution in [3.63, 3.8) is 0 Å². The Bertz CT molecular complexity index is 788. The highest BCUT2D eigenvalue weighted by Crippen LogP contribution is 2.16. The van der Waals surface area contributed by atoms with Gasteiger partial charge in [-0.05, 0) is 17.7 Å². The lowest BCUT2D eigenvalue weighted by Gasteiger charge is -2.07. The van der Waals surface area contributed by atoms with Crippen molar-refractivity contribution in [1.29, 1.82) is 0 Å². The maximum absolute atomic E-state index is 12.1. The predicted molar refractivity (Wildman–Crippen MR) is 82.9 cm³/mol. The Morgan fingerprint density at radius 1 is 1.23 bits per heavy atom. The van der Waals surface area contributed by atoms with E-state index in [1.54, 1.807) is 35.3 Å². The summed E-state index contributed by atoms with van der Waals surface area (Å²) in [6.45, 7) is 0. The van der Waals surface area contributed by atoms with Crippen LogP contribution in [0.4, 0.5) is 5.82 Å². The van der Waals surface area contributed by atoms with Crippen LogP contribution in [0.3, 0.4) is 0 Å². The van der Waals surface area contributed by atoms with Gasteiger partial charge in [0.2, 0.25) is 5.91 Å². The average Bonchev–Trinajstić information content (AvgIpc) is 3.04. The highest BCUT2D eigenvalue weighted by molar-refractivity contribution is 6.31. The number of halogens is 1. The fraction of sp³-hybridized carbons (Fsp3) is 0.0667. The van der Waals surface area contributed by atoms with Crippen molar-refractivity contribution < 1.29 is 4.79 Å². The second-order valence-corrected chi connectivity index (χ2v) is 4.94. The summed E-state index contributed by atoms with van der Waals surface area (Å²) in [5, 5.41) is 7.38. The third kappa shape index (κ3) is 3.29. The smallest absolute Gasteiger partial charge is 0.230 e. The van der Waals surface area contributed by atoms with Crippen molar-refractivity contribution in [3.8, 4) is 5.82 Å². The second kappa shape index (κ2) is 6.36. The zero-order valence-electron chi connectivity index (χ0n) is 11.5. The molecule has 0 atom stereocenters. The van der Waals surface area contributed by atoms with E-state index in [-0.39, 0.29) is 12.3 Å². The molecule has 6 nitrogen and oxygen atoms in total. The van der Waals surface area contributed by atoms with Crippen LogP contribution in [0.15, 0.2) is 55.1 Å². The third-order valence-corrected chi connectivity index (χ3v) is 3.34. The Balaban J connectivity index is 1.72. The lowest BCUT2D eigenvalue weighted by molar-refractivity contribution is -0.115. The second-order valence-electron chi connectivity index (χ2n) is 4.53. The van der Waals surface area contributed by atoms with E-state index in [4.69, 9.17) is 11.6 Å². The molecule has 2 heterocycles. The van der Waals surface area contributed by atoms with Gasteiger partial charge in [-0.1, -0.05) is 29.8 Å². The van der Waals surface area contributed by atoms with Gasteiger partial charge in [-0.3, -0.25) is 4.79 Å². The molecule has 7 heteroatoms. The van der Waals surface area contributed by atoms with Crippen LogP contribution in [-0.4, -0.2) is 25.7 Å². The Hall–Kier alpha value is -2.73. The molecule has 22 heavy (non-hydrogen) atoms. The van der Waals surface area contributed by atoms with Crippen LogP contribution in [0.2, 0.25) is 5.02 Å². The van der Waals surface area contributed by atoms with Crippen molar-refractivity contribution in [2.24, 2.45) is 0 Å². The van der Waals surface area contributed by atoms with Crippen LogP contribution in [-0.2, 0) is 11.2 Å². The molecule has 3 rings (SSSR count). The molecule has 110 valence electrons. The SMILES string of the molecule is O=C(Cc1ccccc1Cl)Nc1cc(-n2cccn2)ncn1. The van der Waals surface area contributed by atoms with Gasteiger partial charge >= 0.3 is 0 Å². The van der Waals surface area contributed by atoms with Gasteiger partial charge in [0, 0.05) is 23.5 Å². The van der Waals surface area contributed by atoms with Gasteiger partial charge in [0.25, 0.3) is 0 Å². The fourth-order valence-electron chi connectivity index (χ4n) is 1.95. The van der Waals surface area contributed by atoms with Gasteiger partial charge in [0.15, 0.2) is 5.82 Å². The van der Waals surface area contributed by atoms with Gasteiger partial charge in [-0.15, -0.1) is 0 Å². The molecule has 0 radical (unpaired) electrons. The van der Waals surface area contributed by atoms with E-state index in [9.17, 15) is 4.79 Å². The molecule has 0 aliphatic rings. The van der Waals surface area contributed by atoms with E-state index in [2.05, 4.69) is 20.4 Å². The standard InChI is InChI=1S/C15H12ClN5O/c16-12-5-2-1-4-11(12)8-15(22)20-13-9-14(18-10-17-13)21-7-3-6-19-21/h1-7,9-10H,8H2,(H,17,18,20,22). The summed E-state index contributed by atoms with van der Waals surface area (Å²) in [6, 6.07) is 10.7. The Morgan fingerprint density at radius 2 is 2.09 bits per heavy atom. The summed E-state index contributed by atoms with van der Waals surface area (Å²) < 4.78 is 1.59. The lowest BCUT2D eigenvalue weighted by atomic mass is 10.1. The van der Waals surface area contributed by atoms with Crippen LogP contribution in [0.1, 0.15) is 5.56 Å². The number of nitrogens with one attached hydrogen (secondary N) is 1. The normalized spacial score (nSPS) is 10.4. The average molecular weight is 314 g/mol. The number of benzene rings is 1. The summed E-state index contributed by atoms with van der Waals surface area (Å²) in [6.07, 6.45) is 4.97. The molecule has 1 aromatic carbocycles. The summed E-state index contributed by atoms with van der Waals surface area (Å²) in [4.78, 5) is 20.2. The van der Waals surface area contributed by atoms with E-state index in [1.165, 1.54) is 6.33 Å². The van der Waals surface area contributed by atoms with Crippen molar-refractivity contribution in [2.75, 3.05) is 5.32 Å². The van der Waals surface area contributed by atoms with E-state index in [0.29, 0.717) is 16.7 Å². The highest BCUT2D eigenvalue weighted by Gasteiger charge is 2.09. The maximum atomic E-state index is 12.1. The molecule has 0 saturated carbocycles. The fourth-order valence-corrected chi connectivity index (χ4v) is 2.15. The number of nitrogens with zero attached hydrogens (tertiary/aromatic N) is 4. The van der Waals surface area contributed by atoms with Crippen molar-refractivity contribution in [2.45, 2.75) is 6.42 Å². The topological polar surface area (TPSA) is 72.7 Å². The number of amides is 1. The molecule has 0 aliphatic heterocycles. The maximum Gasteiger partial charge on any atom is 0.230 e. The van der Waals surface area contributed by atoms with Gasteiger partial charge in [0.1, 0.15) is 12.1 Å². The first kappa shape index (κ1) is 14.2. The number of rotatable bonds is 4. The zero-order valence-corrected chi connectivity index (χ0v) is 12.2. The molecule has 1 N–H and O–H groups in total. The monoisotopic (exact) mass is 313 g/mol. The molecule has 0 fully saturated rings. The van der Waals surface area contributed by atoms with E-state index >= 15 is 0 Å². The quantitative estimate of drug-likeness (QED) is 0.803. The Labute approximate surface area is 131 Å². The largest absolute Gasteiger partial charge is 0.310 e. The summed E-state index contributed by atoms with van der Waals surface area (Å²) in [5.74, 6) is 0.795. The number of carbonyl (C=O) groups excluding carboxylic acids is 1. The third-order valence-electron chi connectivity index (χ3n) is 2.97. The minimum Gasteiger partial charge on any atom is -0.310 e. The molecule has 0 spiro atoms. The summed E-state index contributed by atoms with van der Waals surface area (Å²) in [7, 11) is 0. The molecule has 2 aromatic heterocycles. The molecule has 0 bridgehead atoms. The highest BCUT2D eigenvalue weighted by atomic mass is 35.5. The van der Waals surface area contributed by atoms with Gasteiger partial charge in [0.05, 0.1) is 6.42 Å². The first-order chi connectivity index (χ1) is 10.7. The molecule has 0 unspecified atom stereocenters. The van der Waals surface area contributed by atoms with Gasteiger partial charge in [-0.25, -0.2) is 14.6 Å². The molecule has 0 saturated heterocycles. The number of hydrogen-bond donors (Lipinski definition) is 1. The predicted octanol–water partition coefficient (Wildman–Crippen LogP) is 2.50. The molecule has 3 aromatic rings. The van der Waals surface area contributed by atoms with E-state index in [0.717, 1.165) is 5.56 Å². The Morgan fingerprint density at radius 3 is 2.86 bits per heavy atom. The first-order valence-corrected chi connectivity index (χ1v) is 6.95. The number of anilines is 1. The summed E-state index contributed by atoms with van der Waals surface area (Å²) in [5.41, 5.74) is 0.767. The van der Waals surface area contributed by atoms with Crippen LogP contribution in [0.25, 0.3) is 5.82 Å². The van der Waals surface area contributed by atoms with Crippen LogP contribution in [0.5, 0.6) is 0 Å². The number of carbonyl (C=O) groups is 1. The summed E-state index contributed by atoms with van der Waals surface area (Å²) >= 11 is 6.05. The molecule has 1 amide bonds. The molecule has 0 aliphatic carbocycles. The van der Waals surface area contributed by atoms with Gasteiger partial charge in [-0.2, -0.15) is 5.10 Å². The van der Waals surface area contributed by atoms with Crippen molar-refractivity contribution in [3.05, 3.63) is 65.7 Å². The van der Waals surface area contributed by atoms with Gasteiger partial charge < -0.3 is 5.32 Å². The molecular formula is C15H12ClN5O. The number of aromatic nitrogens is 4. The molecular weight excluding hydrogens is 302 g/mol. The van der Waals surface area contributed by atoms with Crippen LogP contribution < -0.4 is 5.32 Å². The zero-order chi connectivity index (χ0) is 15.4.